The van der Waals surface area contributed by atoms with Crippen LogP contribution in [-0.4, -0.2) is 49.1 Å². The van der Waals surface area contributed by atoms with Crippen molar-refractivity contribution in [2.45, 2.75) is 30.7 Å². The summed E-state index contributed by atoms with van der Waals surface area (Å²) in [7, 11) is -3.59. The maximum Gasteiger partial charge on any atom is 0.423 e. The second-order valence-corrected chi connectivity index (χ2v) is 8.89. The molecule has 28 heavy (non-hydrogen) atoms. The average molecular weight is 419 g/mol. The fourth-order valence-electron chi connectivity index (χ4n) is 2.57. The highest BCUT2D eigenvalue weighted by atomic mass is 32.2. The highest BCUT2D eigenvalue weighted by molar-refractivity contribution is 7.92. The van der Waals surface area contributed by atoms with Crippen LogP contribution in [0.25, 0.3) is 10.9 Å². The Bertz CT molecular complexity index is 966. The molecule has 2 aromatic rings. The second-order valence-electron chi connectivity index (χ2n) is 6.45. The SMILES string of the molecule is N=S(=O)(CC[C@H](N)C(=O)O)CCC(O)(c1ccc2ccccc2n1)C(F)(F)F. The van der Waals surface area contributed by atoms with E-state index in [0.29, 0.717) is 5.39 Å². The first-order valence-corrected chi connectivity index (χ1v) is 10.1. The number of aliphatic carboxylic acids is 1. The maximum absolute atomic E-state index is 13.6. The molecule has 7 nitrogen and oxygen atoms in total. The minimum Gasteiger partial charge on any atom is -0.480 e. The van der Waals surface area contributed by atoms with Crippen molar-refractivity contribution in [3.63, 3.8) is 0 Å². The van der Waals surface area contributed by atoms with Crippen LogP contribution >= 0.6 is 0 Å². The molecule has 1 heterocycles. The van der Waals surface area contributed by atoms with Gasteiger partial charge in [-0.2, -0.15) is 13.2 Å². The Hall–Kier alpha value is -2.24. The lowest BCUT2D eigenvalue weighted by atomic mass is 9.94. The van der Waals surface area contributed by atoms with E-state index < -0.39 is 57.1 Å². The van der Waals surface area contributed by atoms with Crippen molar-refractivity contribution in [1.29, 1.82) is 4.78 Å². The zero-order chi connectivity index (χ0) is 21.2. The van der Waals surface area contributed by atoms with Gasteiger partial charge in [-0.3, -0.25) is 9.57 Å². The lowest BCUT2D eigenvalue weighted by Crippen LogP contribution is -2.44. The minimum absolute atomic E-state index is 0.252. The average Bonchev–Trinajstić information content (AvgIpc) is 2.62. The second kappa shape index (κ2) is 8.02. The Morgan fingerprint density at radius 3 is 2.46 bits per heavy atom. The summed E-state index contributed by atoms with van der Waals surface area (Å²) in [5, 5.41) is 19.7. The van der Waals surface area contributed by atoms with Gasteiger partial charge in [-0.25, -0.2) is 9.19 Å². The number of nitrogens with zero attached hydrogens (tertiary/aromatic N) is 1. The van der Waals surface area contributed by atoms with E-state index >= 15 is 0 Å². The third-order valence-corrected chi connectivity index (χ3v) is 6.12. The Labute approximate surface area is 159 Å². The molecular formula is C17H20F3N3O4S. The fourth-order valence-corrected chi connectivity index (χ4v) is 4.03. The van der Waals surface area contributed by atoms with Gasteiger partial charge in [0.2, 0.25) is 5.60 Å². The van der Waals surface area contributed by atoms with Gasteiger partial charge in [0.05, 0.1) is 11.2 Å². The number of para-hydroxylation sites is 1. The third-order valence-electron chi connectivity index (χ3n) is 4.36. The van der Waals surface area contributed by atoms with E-state index in [1.54, 1.807) is 18.2 Å². The number of alkyl halides is 3. The summed E-state index contributed by atoms with van der Waals surface area (Å²) in [6.45, 7) is 0. The molecule has 0 saturated carbocycles. The molecule has 2 rings (SSSR count). The van der Waals surface area contributed by atoms with Crippen molar-refractivity contribution >= 4 is 26.6 Å². The minimum atomic E-state index is -5.12. The molecule has 5 N–H and O–H groups in total. The Balaban J connectivity index is 2.26. The van der Waals surface area contributed by atoms with Gasteiger partial charge < -0.3 is 15.9 Å². The molecule has 2 unspecified atom stereocenters. The summed E-state index contributed by atoms with van der Waals surface area (Å²) in [5.41, 5.74) is 1.47. The largest absolute Gasteiger partial charge is 0.480 e. The van der Waals surface area contributed by atoms with E-state index in [9.17, 15) is 27.3 Å². The first-order chi connectivity index (χ1) is 12.9. The highest BCUT2D eigenvalue weighted by Crippen LogP contribution is 2.41. The van der Waals surface area contributed by atoms with Crippen LogP contribution in [0.5, 0.6) is 0 Å². The molecule has 1 aromatic carbocycles. The van der Waals surface area contributed by atoms with Gasteiger partial charge in [0, 0.05) is 33.0 Å². The number of rotatable bonds is 8. The number of halogens is 3. The van der Waals surface area contributed by atoms with Crippen molar-refractivity contribution in [1.82, 2.24) is 4.98 Å². The molecule has 0 bridgehead atoms. The molecule has 1 aromatic heterocycles. The van der Waals surface area contributed by atoms with E-state index in [2.05, 4.69) is 4.98 Å². The molecule has 0 spiro atoms. The highest BCUT2D eigenvalue weighted by Gasteiger charge is 2.56. The molecule has 11 heteroatoms. The summed E-state index contributed by atoms with van der Waals surface area (Å²) in [6.07, 6.45) is -6.49. The standard InChI is InChI=1S/C17H20F3N3O4S/c18-17(19,20)16(26,8-10-28(22,27)9-7-12(21)15(24)25)14-6-5-11-3-1-2-4-13(11)23-14/h1-6,12,22,26H,7-10,21H2,(H,24,25)/t12-,16?,28?/m0/s1. The smallest absolute Gasteiger partial charge is 0.423 e. The van der Waals surface area contributed by atoms with Gasteiger partial charge in [-0.15, -0.1) is 0 Å². The Morgan fingerprint density at radius 2 is 1.86 bits per heavy atom. The quantitative estimate of drug-likeness (QED) is 0.518. The van der Waals surface area contributed by atoms with Gasteiger partial charge in [0.1, 0.15) is 6.04 Å². The molecule has 0 aliphatic heterocycles. The summed E-state index contributed by atoms with van der Waals surface area (Å²) in [5.74, 6) is -2.63. The number of carboxylic acid groups (broad SMARTS) is 1. The van der Waals surface area contributed by atoms with Crippen LogP contribution in [0, 0.1) is 4.78 Å². The van der Waals surface area contributed by atoms with E-state index in [4.69, 9.17) is 15.6 Å². The van der Waals surface area contributed by atoms with Gasteiger partial charge in [-0.1, -0.05) is 24.3 Å². The van der Waals surface area contributed by atoms with Crippen molar-refractivity contribution in [2.75, 3.05) is 11.5 Å². The number of nitrogens with two attached hydrogens (primary N) is 1. The topological polar surface area (TPSA) is 137 Å². The van der Waals surface area contributed by atoms with Gasteiger partial charge in [0.25, 0.3) is 0 Å². The molecule has 3 atom stereocenters. The summed E-state index contributed by atoms with van der Waals surface area (Å²) >= 11 is 0. The zero-order valence-electron chi connectivity index (χ0n) is 14.6. The first-order valence-electron chi connectivity index (χ1n) is 8.24. The van der Waals surface area contributed by atoms with Crippen LogP contribution in [0.2, 0.25) is 0 Å². The lowest BCUT2D eigenvalue weighted by Gasteiger charge is -2.30. The molecule has 0 saturated heterocycles. The number of hydrogen-bond acceptors (Lipinski definition) is 6. The number of nitrogens with one attached hydrogen (secondary N) is 1. The monoisotopic (exact) mass is 419 g/mol. The zero-order valence-corrected chi connectivity index (χ0v) is 15.5. The van der Waals surface area contributed by atoms with E-state index in [1.165, 1.54) is 12.1 Å². The van der Waals surface area contributed by atoms with Gasteiger partial charge >= 0.3 is 12.1 Å². The predicted octanol–water partition coefficient (Wildman–Crippen LogP) is 2.22. The normalized spacial score (nSPS) is 17.6. The molecule has 0 amide bonds. The van der Waals surface area contributed by atoms with Crippen molar-refractivity contribution < 1.29 is 32.4 Å². The Kier molecular flexibility index (Phi) is 6.31. The number of aliphatic hydroxyl groups is 1. The summed E-state index contributed by atoms with van der Waals surface area (Å²) < 4.78 is 60.9. The fraction of sp³-hybridized carbons (Fsp3) is 0.412. The molecule has 0 aliphatic rings. The maximum atomic E-state index is 13.6. The summed E-state index contributed by atoms with van der Waals surface area (Å²) in [6, 6.07) is 7.50. The van der Waals surface area contributed by atoms with E-state index in [1.807, 2.05) is 0 Å². The lowest BCUT2D eigenvalue weighted by molar-refractivity contribution is -0.268. The molecule has 0 fully saturated rings. The molecule has 0 aliphatic carbocycles. The molecule has 154 valence electrons. The van der Waals surface area contributed by atoms with Gasteiger partial charge in [0.15, 0.2) is 0 Å². The first kappa shape index (κ1) is 22.1. The molecule has 0 radical (unpaired) electrons. The van der Waals surface area contributed by atoms with Crippen LogP contribution in [-0.2, 0) is 20.1 Å². The number of aromatic nitrogens is 1. The van der Waals surface area contributed by atoms with Crippen LogP contribution in [0.4, 0.5) is 13.2 Å². The number of pyridine rings is 1. The molecular weight excluding hydrogens is 399 g/mol. The third kappa shape index (κ3) is 4.97. The summed E-state index contributed by atoms with van der Waals surface area (Å²) in [4.78, 5) is 14.6. The number of hydrogen-bond donors (Lipinski definition) is 4. The van der Waals surface area contributed by atoms with Crippen molar-refractivity contribution in [3.8, 4) is 0 Å². The number of carboxylic acids is 1. The number of benzene rings is 1. The van der Waals surface area contributed by atoms with Gasteiger partial charge in [-0.05, 0) is 18.6 Å². The van der Waals surface area contributed by atoms with Crippen molar-refractivity contribution in [2.24, 2.45) is 5.73 Å². The number of fused-ring (bicyclic) bond motifs is 1. The van der Waals surface area contributed by atoms with Crippen LogP contribution < -0.4 is 5.73 Å². The van der Waals surface area contributed by atoms with E-state index in [-0.39, 0.29) is 11.9 Å². The van der Waals surface area contributed by atoms with Crippen LogP contribution in [0.15, 0.2) is 36.4 Å². The van der Waals surface area contributed by atoms with Crippen LogP contribution in [0.1, 0.15) is 18.5 Å². The van der Waals surface area contributed by atoms with Crippen LogP contribution in [0.3, 0.4) is 0 Å². The van der Waals surface area contributed by atoms with Crippen molar-refractivity contribution in [3.05, 3.63) is 42.1 Å². The Morgan fingerprint density at radius 1 is 1.21 bits per heavy atom. The van der Waals surface area contributed by atoms with E-state index in [0.717, 1.165) is 6.07 Å². The predicted molar refractivity (Wildman–Crippen MR) is 97.1 cm³/mol. The number of carbonyl (C=O) groups is 1.